The molecule has 1 aromatic heterocycles. The maximum atomic E-state index is 6.46. The number of fused-ring (bicyclic) bond motifs is 1. The molecule has 22 heavy (non-hydrogen) atoms. The van der Waals surface area contributed by atoms with Gasteiger partial charge >= 0.3 is 0 Å². The van der Waals surface area contributed by atoms with E-state index in [1.165, 1.54) is 45.6 Å². The number of aromatic nitrogens is 1. The van der Waals surface area contributed by atoms with Gasteiger partial charge in [-0.3, -0.25) is 4.98 Å². The van der Waals surface area contributed by atoms with Gasteiger partial charge in [-0.1, -0.05) is 23.7 Å². The third-order valence-corrected chi connectivity index (χ3v) is 6.25. The fourth-order valence-electron chi connectivity index (χ4n) is 3.35. The molecular weight excluding hydrogens is 310 g/mol. The number of pyridine rings is 1. The minimum Gasteiger partial charge on any atom is -0.256 e. The van der Waals surface area contributed by atoms with Crippen LogP contribution in [0.3, 0.4) is 0 Å². The van der Waals surface area contributed by atoms with Gasteiger partial charge in [0.05, 0.1) is 5.69 Å². The normalized spacial score (nSPS) is 17.6. The van der Waals surface area contributed by atoms with Crippen molar-refractivity contribution in [2.75, 3.05) is 0 Å². The zero-order valence-electron chi connectivity index (χ0n) is 12.8. The molecule has 0 atom stereocenters. The van der Waals surface area contributed by atoms with Crippen LogP contribution < -0.4 is 0 Å². The summed E-state index contributed by atoms with van der Waals surface area (Å²) in [7, 11) is 0. The van der Waals surface area contributed by atoms with Crippen molar-refractivity contribution in [3.8, 4) is 0 Å². The predicted molar refractivity (Wildman–Crippen MR) is 96.2 cm³/mol. The Labute approximate surface area is 140 Å². The summed E-state index contributed by atoms with van der Waals surface area (Å²) in [6, 6.07) is 8.46. The first-order chi connectivity index (χ1) is 10.7. The summed E-state index contributed by atoms with van der Waals surface area (Å²) in [6.07, 6.45) is 4.44. The van der Waals surface area contributed by atoms with Crippen molar-refractivity contribution in [3.05, 3.63) is 63.4 Å². The zero-order valence-corrected chi connectivity index (χ0v) is 14.4. The highest BCUT2D eigenvalue weighted by Crippen LogP contribution is 2.49. The molecule has 1 aromatic carbocycles. The van der Waals surface area contributed by atoms with E-state index in [-0.39, 0.29) is 0 Å². The molecule has 0 bridgehead atoms. The quantitative estimate of drug-likeness (QED) is 0.665. The highest BCUT2D eigenvalue weighted by molar-refractivity contribution is 8.07. The van der Waals surface area contributed by atoms with Gasteiger partial charge in [0, 0.05) is 21.9 Å². The lowest BCUT2D eigenvalue weighted by atomic mass is 9.96. The Morgan fingerprint density at radius 1 is 1.18 bits per heavy atom. The molecule has 0 saturated heterocycles. The van der Waals surface area contributed by atoms with Crippen molar-refractivity contribution < 1.29 is 0 Å². The first-order valence-corrected chi connectivity index (χ1v) is 9.10. The molecule has 0 unspecified atom stereocenters. The minimum atomic E-state index is 0.673. The van der Waals surface area contributed by atoms with Gasteiger partial charge in [0.1, 0.15) is 0 Å². The molecule has 2 aliphatic rings. The summed E-state index contributed by atoms with van der Waals surface area (Å²) >= 11 is 8.38. The van der Waals surface area contributed by atoms with E-state index >= 15 is 0 Å². The number of halogens is 1. The lowest BCUT2D eigenvalue weighted by Gasteiger charge is -2.22. The molecule has 1 aliphatic heterocycles. The molecule has 1 nitrogen and oxygen atoms in total. The van der Waals surface area contributed by atoms with Crippen LogP contribution in [0.5, 0.6) is 0 Å². The highest BCUT2D eigenvalue weighted by atomic mass is 35.5. The molecule has 112 valence electrons. The summed E-state index contributed by atoms with van der Waals surface area (Å²) < 4.78 is 0. The second kappa shape index (κ2) is 5.43. The van der Waals surface area contributed by atoms with Crippen LogP contribution >= 0.6 is 23.4 Å². The van der Waals surface area contributed by atoms with E-state index in [9.17, 15) is 0 Å². The van der Waals surface area contributed by atoms with Crippen LogP contribution in [0.4, 0.5) is 0 Å². The van der Waals surface area contributed by atoms with Gasteiger partial charge in [-0.2, -0.15) is 0 Å². The molecule has 1 saturated carbocycles. The first-order valence-electron chi connectivity index (χ1n) is 7.74. The summed E-state index contributed by atoms with van der Waals surface area (Å²) in [4.78, 5) is 5.96. The van der Waals surface area contributed by atoms with Crippen molar-refractivity contribution >= 4 is 33.8 Å². The molecule has 1 aliphatic carbocycles. The second-order valence-electron chi connectivity index (χ2n) is 6.16. The lowest BCUT2D eigenvalue weighted by Crippen LogP contribution is -2.03. The average molecular weight is 328 g/mol. The Morgan fingerprint density at radius 3 is 2.77 bits per heavy atom. The van der Waals surface area contributed by atoms with Crippen LogP contribution in [0, 0.1) is 6.92 Å². The average Bonchev–Trinajstić information content (AvgIpc) is 3.34. The van der Waals surface area contributed by atoms with Crippen molar-refractivity contribution in [2.24, 2.45) is 0 Å². The lowest BCUT2D eigenvalue weighted by molar-refractivity contribution is 1.09. The third-order valence-electron chi connectivity index (χ3n) is 4.65. The van der Waals surface area contributed by atoms with Gasteiger partial charge in [-0.25, -0.2) is 0 Å². The van der Waals surface area contributed by atoms with E-state index in [4.69, 9.17) is 11.6 Å². The van der Waals surface area contributed by atoms with Gasteiger partial charge in [0.2, 0.25) is 0 Å². The minimum absolute atomic E-state index is 0.673. The van der Waals surface area contributed by atoms with Crippen LogP contribution in [0.1, 0.15) is 53.6 Å². The Kier molecular flexibility index (Phi) is 3.54. The van der Waals surface area contributed by atoms with Crippen LogP contribution in [0.25, 0.3) is 10.5 Å². The molecular formula is C19H18ClNS. The Hall–Kier alpha value is -1.25. The molecule has 0 radical (unpaired) electrons. The molecule has 0 amide bonds. The molecule has 0 N–H and O–H groups in total. The van der Waals surface area contributed by atoms with Crippen molar-refractivity contribution in [1.82, 2.24) is 4.98 Å². The van der Waals surface area contributed by atoms with Gasteiger partial charge in [0.15, 0.2) is 0 Å². The highest BCUT2D eigenvalue weighted by Gasteiger charge is 2.29. The van der Waals surface area contributed by atoms with E-state index in [1.807, 2.05) is 24.0 Å². The number of allylic oxidation sites excluding steroid dienone is 1. The molecule has 3 heteroatoms. The number of benzene rings is 1. The predicted octanol–water partition coefficient (Wildman–Crippen LogP) is 6.06. The van der Waals surface area contributed by atoms with Crippen molar-refractivity contribution in [2.45, 2.75) is 38.4 Å². The van der Waals surface area contributed by atoms with Crippen LogP contribution in [0.2, 0.25) is 5.02 Å². The fourth-order valence-corrected chi connectivity index (χ4v) is 4.93. The maximum absolute atomic E-state index is 6.46. The van der Waals surface area contributed by atoms with Crippen LogP contribution in [-0.4, -0.2) is 4.98 Å². The monoisotopic (exact) mass is 327 g/mol. The van der Waals surface area contributed by atoms with Gasteiger partial charge < -0.3 is 0 Å². The molecule has 4 rings (SSSR count). The van der Waals surface area contributed by atoms with Crippen LogP contribution in [-0.2, 0) is 5.75 Å². The summed E-state index contributed by atoms with van der Waals surface area (Å²) in [5.41, 5.74) is 7.84. The summed E-state index contributed by atoms with van der Waals surface area (Å²) in [6.45, 7) is 4.42. The topological polar surface area (TPSA) is 12.9 Å². The standard InChI is InChI=1S/C19H18ClNS/c1-11-15(7-8-16(20)17(11)13-5-6-13)19-12(2)18-14(10-22-19)4-3-9-21-18/h3-4,7-9,13H,5-6,10H2,1-2H3. The van der Waals surface area contributed by atoms with E-state index in [2.05, 4.69) is 37.0 Å². The fraction of sp³-hybridized carbons (Fsp3) is 0.316. The smallest absolute Gasteiger partial charge is 0.0710 e. The van der Waals surface area contributed by atoms with E-state index < -0.39 is 0 Å². The molecule has 2 heterocycles. The Balaban J connectivity index is 1.88. The molecule has 0 spiro atoms. The van der Waals surface area contributed by atoms with E-state index in [0.29, 0.717) is 5.92 Å². The molecule has 2 aromatic rings. The Morgan fingerprint density at radius 2 is 2.00 bits per heavy atom. The van der Waals surface area contributed by atoms with Gasteiger partial charge in [-0.15, -0.1) is 11.8 Å². The van der Waals surface area contributed by atoms with Gasteiger partial charge in [-0.05, 0) is 72.6 Å². The van der Waals surface area contributed by atoms with E-state index in [1.54, 1.807) is 0 Å². The summed E-state index contributed by atoms with van der Waals surface area (Å²) in [5, 5.41) is 0.932. The van der Waals surface area contributed by atoms with Crippen molar-refractivity contribution in [3.63, 3.8) is 0 Å². The Bertz CT molecular complexity index is 790. The molecule has 1 fully saturated rings. The number of hydrogen-bond donors (Lipinski definition) is 0. The SMILES string of the molecule is CC1=C(c2ccc(Cl)c(C3CC3)c2C)SCc2cccnc21. The largest absolute Gasteiger partial charge is 0.256 e. The summed E-state index contributed by atoms with van der Waals surface area (Å²) in [5.74, 6) is 1.67. The maximum Gasteiger partial charge on any atom is 0.0710 e. The second-order valence-corrected chi connectivity index (χ2v) is 7.55. The van der Waals surface area contributed by atoms with Crippen LogP contribution in [0.15, 0.2) is 30.5 Å². The number of nitrogens with zero attached hydrogens (tertiary/aromatic N) is 1. The third kappa shape index (κ3) is 2.29. The zero-order chi connectivity index (χ0) is 15.3. The van der Waals surface area contributed by atoms with Gasteiger partial charge in [0.25, 0.3) is 0 Å². The number of thioether (sulfide) groups is 1. The number of rotatable bonds is 2. The first kappa shape index (κ1) is 14.3. The van der Waals surface area contributed by atoms with E-state index in [0.717, 1.165) is 16.5 Å². The number of hydrogen-bond acceptors (Lipinski definition) is 2. The van der Waals surface area contributed by atoms with Crippen molar-refractivity contribution in [1.29, 1.82) is 0 Å².